The summed E-state index contributed by atoms with van der Waals surface area (Å²) in [5.41, 5.74) is -0.534. The van der Waals surface area contributed by atoms with Crippen molar-refractivity contribution in [2.24, 2.45) is 0 Å². The number of nitro benzene ring substituents is 1. The number of ether oxygens (including phenoxy) is 1. The molecule has 10 heteroatoms. The molecule has 0 unspecified atom stereocenters. The molecule has 1 aromatic carbocycles. The number of esters is 1. The molecule has 0 radical (unpaired) electrons. The van der Waals surface area contributed by atoms with E-state index in [0.29, 0.717) is 0 Å². The topological polar surface area (TPSA) is 111 Å². The SMILES string of the molecule is C[C@@H](OC(=O)c1nc(Cl)ccc1Cl)C(=O)Nc1ccccc1[N+](=O)[O-]. The largest absolute Gasteiger partial charge is 0.448 e. The lowest BCUT2D eigenvalue weighted by Gasteiger charge is -2.13. The zero-order chi connectivity index (χ0) is 18.6. The molecule has 1 N–H and O–H groups in total. The summed E-state index contributed by atoms with van der Waals surface area (Å²) in [5.74, 6) is -1.70. The first-order valence-electron chi connectivity index (χ1n) is 6.87. The van der Waals surface area contributed by atoms with Crippen LogP contribution in [0.2, 0.25) is 10.2 Å². The smallest absolute Gasteiger partial charge is 0.359 e. The molecule has 0 saturated carbocycles. The lowest BCUT2D eigenvalue weighted by atomic mass is 10.2. The molecule has 25 heavy (non-hydrogen) atoms. The van der Waals surface area contributed by atoms with Crippen LogP contribution in [0.1, 0.15) is 17.4 Å². The first kappa shape index (κ1) is 18.6. The van der Waals surface area contributed by atoms with Crippen LogP contribution in [0.15, 0.2) is 36.4 Å². The van der Waals surface area contributed by atoms with E-state index >= 15 is 0 Å². The van der Waals surface area contributed by atoms with Crippen LogP contribution in [-0.4, -0.2) is 27.9 Å². The highest BCUT2D eigenvalue weighted by Gasteiger charge is 2.24. The molecule has 0 fully saturated rings. The Hall–Kier alpha value is -2.71. The summed E-state index contributed by atoms with van der Waals surface area (Å²) in [4.78, 5) is 38.2. The van der Waals surface area contributed by atoms with Gasteiger partial charge in [-0.05, 0) is 25.1 Å². The molecule has 1 aromatic heterocycles. The van der Waals surface area contributed by atoms with Crippen LogP contribution in [0.4, 0.5) is 11.4 Å². The number of anilines is 1. The molecule has 8 nitrogen and oxygen atoms in total. The summed E-state index contributed by atoms with van der Waals surface area (Å²) in [6, 6.07) is 8.35. The minimum Gasteiger partial charge on any atom is -0.448 e. The van der Waals surface area contributed by atoms with E-state index in [-0.39, 0.29) is 27.2 Å². The molecule has 0 bridgehead atoms. The van der Waals surface area contributed by atoms with Gasteiger partial charge in [0.2, 0.25) is 0 Å². The third-order valence-corrected chi connectivity index (χ3v) is 3.53. The molecule has 0 spiro atoms. The third kappa shape index (κ3) is 4.65. The van der Waals surface area contributed by atoms with Gasteiger partial charge in [-0.2, -0.15) is 0 Å². The quantitative estimate of drug-likeness (QED) is 0.366. The van der Waals surface area contributed by atoms with Gasteiger partial charge in [-0.25, -0.2) is 9.78 Å². The Labute approximate surface area is 151 Å². The second kappa shape index (κ2) is 7.91. The summed E-state index contributed by atoms with van der Waals surface area (Å²) in [7, 11) is 0. The Morgan fingerprint density at radius 1 is 1.24 bits per heavy atom. The maximum atomic E-state index is 12.1. The number of nitrogens with zero attached hydrogens (tertiary/aromatic N) is 2. The van der Waals surface area contributed by atoms with Crippen molar-refractivity contribution in [2.75, 3.05) is 5.32 Å². The lowest BCUT2D eigenvalue weighted by Crippen LogP contribution is -2.30. The van der Waals surface area contributed by atoms with Crippen LogP contribution < -0.4 is 5.32 Å². The highest BCUT2D eigenvalue weighted by molar-refractivity contribution is 6.34. The Kier molecular flexibility index (Phi) is 5.89. The minimum absolute atomic E-state index is 0.0145. The Morgan fingerprint density at radius 3 is 2.60 bits per heavy atom. The molecule has 1 atom stereocenters. The number of rotatable bonds is 5. The molecule has 0 aliphatic heterocycles. The van der Waals surface area contributed by atoms with E-state index in [2.05, 4.69) is 10.3 Å². The molecular weight excluding hydrogens is 373 g/mol. The number of carbonyl (C=O) groups excluding carboxylic acids is 2. The fourth-order valence-corrected chi connectivity index (χ4v) is 2.13. The van der Waals surface area contributed by atoms with Gasteiger partial charge in [-0.3, -0.25) is 14.9 Å². The van der Waals surface area contributed by atoms with Crippen LogP contribution in [0.5, 0.6) is 0 Å². The highest BCUT2D eigenvalue weighted by atomic mass is 35.5. The van der Waals surface area contributed by atoms with E-state index in [1.807, 2.05) is 0 Å². The highest BCUT2D eigenvalue weighted by Crippen LogP contribution is 2.24. The first-order chi connectivity index (χ1) is 11.8. The van der Waals surface area contributed by atoms with E-state index in [4.69, 9.17) is 27.9 Å². The fraction of sp³-hybridized carbons (Fsp3) is 0.133. The molecule has 0 aliphatic rings. The minimum atomic E-state index is -1.25. The Bertz CT molecular complexity index is 844. The van der Waals surface area contributed by atoms with Crippen LogP contribution in [-0.2, 0) is 9.53 Å². The number of hydrogen-bond acceptors (Lipinski definition) is 6. The number of aromatic nitrogens is 1. The van der Waals surface area contributed by atoms with E-state index in [1.165, 1.54) is 43.3 Å². The van der Waals surface area contributed by atoms with Crippen LogP contribution in [0, 0.1) is 10.1 Å². The average Bonchev–Trinajstić information content (AvgIpc) is 2.57. The number of hydrogen-bond donors (Lipinski definition) is 1. The maximum Gasteiger partial charge on any atom is 0.359 e. The van der Waals surface area contributed by atoms with Gasteiger partial charge >= 0.3 is 5.97 Å². The van der Waals surface area contributed by atoms with Crippen molar-refractivity contribution in [1.82, 2.24) is 4.98 Å². The summed E-state index contributed by atoms with van der Waals surface area (Å²) >= 11 is 11.5. The predicted octanol–water partition coefficient (Wildman–Crippen LogP) is 3.48. The lowest BCUT2D eigenvalue weighted by molar-refractivity contribution is -0.383. The van der Waals surface area contributed by atoms with Crippen molar-refractivity contribution in [3.05, 3.63) is 62.4 Å². The van der Waals surface area contributed by atoms with Gasteiger partial charge in [-0.1, -0.05) is 35.3 Å². The van der Waals surface area contributed by atoms with Gasteiger partial charge in [0.05, 0.1) is 9.95 Å². The molecule has 130 valence electrons. The maximum absolute atomic E-state index is 12.1. The van der Waals surface area contributed by atoms with E-state index < -0.39 is 22.9 Å². The van der Waals surface area contributed by atoms with Crippen molar-refractivity contribution >= 4 is 46.5 Å². The zero-order valence-electron chi connectivity index (χ0n) is 12.7. The molecule has 0 saturated heterocycles. The first-order valence-corrected chi connectivity index (χ1v) is 7.62. The summed E-state index contributed by atoms with van der Waals surface area (Å²) < 4.78 is 4.98. The Morgan fingerprint density at radius 2 is 1.92 bits per heavy atom. The van der Waals surface area contributed by atoms with Gasteiger partial charge < -0.3 is 10.1 Å². The number of amides is 1. The molecular formula is C15H11Cl2N3O5. The number of para-hydroxylation sites is 2. The van der Waals surface area contributed by atoms with Crippen LogP contribution >= 0.6 is 23.2 Å². The fourth-order valence-electron chi connectivity index (χ4n) is 1.80. The number of nitrogens with one attached hydrogen (secondary N) is 1. The number of pyridine rings is 1. The van der Waals surface area contributed by atoms with E-state index in [1.54, 1.807) is 0 Å². The van der Waals surface area contributed by atoms with E-state index in [9.17, 15) is 19.7 Å². The monoisotopic (exact) mass is 383 g/mol. The summed E-state index contributed by atoms with van der Waals surface area (Å²) in [5, 5.41) is 13.3. The van der Waals surface area contributed by atoms with Crippen molar-refractivity contribution in [1.29, 1.82) is 0 Å². The standard InChI is InChI=1S/C15H11Cl2N3O5/c1-8(25-15(22)13-9(16)6-7-12(17)19-13)14(21)18-10-4-2-3-5-11(10)20(23)24/h2-8H,1H3,(H,18,21)/t8-/m1/s1. The second-order valence-electron chi connectivity index (χ2n) is 4.78. The van der Waals surface area contributed by atoms with Crippen LogP contribution in [0.3, 0.4) is 0 Å². The van der Waals surface area contributed by atoms with Gasteiger partial charge in [0.1, 0.15) is 10.8 Å². The van der Waals surface area contributed by atoms with Crippen molar-refractivity contribution in [2.45, 2.75) is 13.0 Å². The zero-order valence-corrected chi connectivity index (χ0v) is 14.2. The third-order valence-electron chi connectivity index (χ3n) is 3.02. The van der Waals surface area contributed by atoms with Crippen molar-refractivity contribution in [3.63, 3.8) is 0 Å². The molecule has 0 aliphatic carbocycles. The summed E-state index contributed by atoms with van der Waals surface area (Å²) in [6.07, 6.45) is -1.25. The predicted molar refractivity (Wildman–Crippen MR) is 90.9 cm³/mol. The Balaban J connectivity index is 2.09. The number of benzene rings is 1. The molecule has 1 heterocycles. The second-order valence-corrected chi connectivity index (χ2v) is 5.57. The van der Waals surface area contributed by atoms with E-state index in [0.717, 1.165) is 0 Å². The van der Waals surface area contributed by atoms with Gasteiger partial charge in [0.25, 0.3) is 11.6 Å². The van der Waals surface area contributed by atoms with Crippen molar-refractivity contribution in [3.8, 4) is 0 Å². The van der Waals surface area contributed by atoms with Crippen molar-refractivity contribution < 1.29 is 19.2 Å². The molecule has 2 aromatic rings. The normalized spacial score (nSPS) is 11.5. The number of nitro groups is 1. The van der Waals surface area contributed by atoms with Gasteiger partial charge in [-0.15, -0.1) is 0 Å². The molecule has 1 amide bonds. The number of halogens is 2. The summed E-state index contributed by atoms with van der Waals surface area (Å²) in [6.45, 7) is 1.31. The molecule has 2 rings (SSSR count). The average molecular weight is 384 g/mol. The van der Waals surface area contributed by atoms with Crippen LogP contribution in [0.25, 0.3) is 0 Å². The van der Waals surface area contributed by atoms with Gasteiger partial charge in [0, 0.05) is 6.07 Å². The number of carbonyl (C=O) groups is 2. The van der Waals surface area contributed by atoms with Gasteiger partial charge in [0.15, 0.2) is 11.8 Å².